The molecule has 2 aromatic carbocycles. The first kappa shape index (κ1) is 19.3. The zero-order valence-electron chi connectivity index (χ0n) is 15.9. The van der Waals surface area contributed by atoms with Gasteiger partial charge in [-0.15, -0.1) is 0 Å². The molecule has 0 radical (unpaired) electrons. The first-order valence-electron chi connectivity index (χ1n) is 9.15. The van der Waals surface area contributed by atoms with E-state index in [0.29, 0.717) is 29.6 Å². The van der Waals surface area contributed by atoms with Gasteiger partial charge in [0.2, 0.25) is 5.91 Å². The Bertz CT molecular complexity index is 1020. The topological polar surface area (TPSA) is 97.2 Å². The number of para-hydroxylation sites is 1. The molecule has 0 bridgehead atoms. The third kappa shape index (κ3) is 4.43. The standard InChI is InChI=1S/C21H22N4O3/c1-3-5-20(26)24-16-10-8-15(9-11-16)13-22-18-12-14(2)23-21-17(18)6-4-7-19(21)25(27)28/h4,6-12H,3,5,13H2,1-2H3,(H,22,23)(H,24,26). The minimum atomic E-state index is -0.413. The van der Waals surface area contributed by atoms with Crippen LogP contribution in [0.4, 0.5) is 17.1 Å². The van der Waals surface area contributed by atoms with E-state index < -0.39 is 4.92 Å². The molecule has 0 spiro atoms. The van der Waals surface area contributed by atoms with Crippen LogP contribution in [-0.2, 0) is 11.3 Å². The van der Waals surface area contributed by atoms with E-state index in [1.807, 2.05) is 50.2 Å². The van der Waals surface area contributed by atoms with Crippen molar-refractivity contribution in [1.29, 1.82) is 0 Å². The van der Waals surface area contributed by atoms with E-state index >= 15 is 0 Å². The van der Waals surface area contributed by atoms with Crippen molar-refractivity contribution in [3.05, 3.63) is 69.9 Å². The van der Waals surface area contributed by atoms with Gasteiger partial charge >= 0.3 is 0 Å². The number of non-ortho nitro benzene ring substituents is 1. The van der Waals surface area contributed by atoms with E-state index in [4.69, 9.17) is 0 Å². The Morgan fingerprint density at radius 2 is 1.93 bits per heavy atom. The number of benzene rings is 2. The number of amides is 1. The molecule has 1 amide bonds. The first-order chi connectivity index (χ1) is 13.5. The van der Waals surface area contributed by atoms with Gasteiger partial charge < -0.3 is 10.6 Å². The first-order valence-corrected chi connectivity index (χ1v) is 9.15. The number of aromatic nitrogens is 1. The van der Waals surface area contributed by atoms with Crippen molar-refractivity contribution in [2.75, 3.05) is 10.6 Å². The van der Waals surface area contributed by atoms with Crippen LogP contribution in [-0.4, -0.2) is 15.8 Å². The number of nitro benzene ring substituents is 1. The summed E-state index contributed by atoms with van der Waals surface area (Å²) >= 11 is 0. The lowest BCUT2D eigenvalue weighted by Crippen LogP contribution is -2.10. The van der Waals surface area contributed by atoms with Crippen molar-refractivity contribution in [3.8, 4) is 0 Å². The molecule has 3 aromatic rings. The maximum Gasteiger partial charge on any atom is 0.295 e. The number of carbonyl (C=O) groups excluding carboxylic acids is 1. The summed E-state index contributed by atoms with van der Waals surface area (Å²) in [6.07, 6.45) is 1.31. The van der Waals surface area contributed by atoms with Gasteiger partial charge in [0.05, 0.1) is 4.92 Å². The van der Waals surface area contributed by atoms with Crippen molar-refractivity contribution in [2.45, 2.75) is 33.2 Å². The third-order valence-corrected chi connectivity index (χ3v) is 4.34. The second-order valence-electron chi connectivity index (χ2n) is 6.59. The highest BCUT2D eigenvalue weighted by Gasteiger charge is 2.15. The van der Waals surface area contributed by atoms with Gasteiger partial charge in [-0.2, -0.15) is 0 Å². The fourth-order valence-electron chi connectivity index (χ4n) is 3.01. The van der Waals surface area contributed by atoms with Gasteiger partial charge in [0, 0.05) is 41.5 Å². The number of aryl methyl sites for hydroxylation is 1. The number of nitrogens with one attached hydrogen (secondary N) is 2. The number of anilines is 2. The number of nitro groups is 1. The minimum Gasteiger partial charge on any atom is -0.380 e. The Labute approximate surface area is 162 Å². The van der Waals surface area contributed by atoms with Crippen LogP contribution in [0.2, 0.25) is 0 Å². The second kappa shape index (κ2) is 8.47. The van der Waals surface area contributed by atoms with Crippen LogP contribution in [0, 0.1) is 17.0 Å². The molecule has 0 atom stereocenters. The quantitative estimate of drug-likeness (QED) is 0.454. The molecule has 144 valence electrons. The molecule has 0 aliphatic carbocycles. The van der Waals surface area contributed by atoms with E-state index in [-0.39, 0.29) is 11.6 Å². The molecule has 0 saturated carbocycles. The van der Waals surface area contributed by atoms with Crippen molar-refractivity contribution >= 4 is 33.9 Å². The lowest BCUT2D eigenvalue weighted by atomic mass is 10.1. The van der Waals surface area contributed by atoms with Crippen LogP contribution >= 0.6 is 0 Å². The number of carbonyl (C=O) groups is 1. The van der Waals surface area contributed by atoms with Gasteiger partial charge in [-0.05, 0) is 37.1 Å². The van der Waals surface area contributed by atoms with Crippen molar-refractivity contribution < 1.29 is 9.72 Å². The lowest BCUT2D eigenvalue weighted by Gasteiger charge is -2.12. The molecule has 0 aliphatic rings. The summed E-state index contributed by atoms with van der Waals surface area (Å²) in [6.45, 7) is 4.33. The van der Waals surface area contributed by atoms with Crippen LogP contribution in [0.15, 0.2) is 48.5 Å². The van der Waals surface area contributed by atoms with E-state index in [0.717, 1.165) is 23.4 Å². The van der Waals surface area contributed by atoms with Crippen LogP contribution in [0.25, 0.3) is 10.9 Å². The fraction of sp³-hybridized carbons (Fsp3) is 0.238. The highest BCUT2D eigenvalue weighted by atomic mass is 16.6. The Balaban J connectivity index is 1.77. The fourth-order valence-corrected chi connectivity index (χ4v) is 3.01. The Morgan fingerprint density at radius 3 is 2.61 bits per heavy atom. The van der Waals surface area contributed by atoms with Crippen molar-refractivity contribution in [2.24, 2.45) is 0 Å². The molecule has 2 N–H and O–H groups in total. The Kier molecular flexibility index (Phi) is 5.84. The molecular formula is C21H22N4O3. The van der Waals surface area contributed by atoms with Crippen LogP contribution in [0.1, 0.15) is 31.0 Å². The maximum atomic E-state index is 11.7. The molecule has 0 saturated heterocycles. The summed E-state index contributed by atoms with van der Waals surface area (Å²) < 4.78 is 0. The van der Waals surface area contributed by atoms with Gasteiger partial charge in [0.15, 0.2) is 5.52 Å². The molecule has 28 heavy (non-hydrogen) atoms. The number of fused-ring (bicyclic) bond motifs is 1. The van der Waals surface area contributed by atoms with E-state index in [1.165, 1.54) is 6.07 Å². The lowest BCUT2D eigenvalue weighted by molar-refractivity contribution is -0.383. The van der Waals surface area contributed by atoms with Gasteiger partial charge in [0.25, 0.3) is 5.69 Å². The zero-order chi connectivity index (χ0) is 20.1. The normalized spacial score (nSPS) is 10.6. The number of pyridine rings is 1. The number of hydrogen-bond acceptors (Lipinski definition) is 5. The molecule has 0 unspecified atom stereocenters. The van der Waals surface area contributed by atoms with Gasteiger partial charge in [-0.1, -0.05) is 31.2 Å². The van der Waals surface area contributed by atoms with Crippen LogP contribution in [0.5, 0.6) is 0 Å². The molecule has 7 nitrogen and oxygen atoms in total. The summed E-state index contributed by atoms with van der Waals surface area (Å²) in [5.41, 5.74) is 3.68. The van der Waals surface area contributed by atoms with E-state index in [2.05, 4.69) is 15.6 Å². The molecule has 0 fully saturated rings. The zero-order valence-corrected chi connectivity index (χ0v) is 15.9. The number of rotatable bonds is 7. The van der Waals surface area contributed by atoms with E-state index in [9.17, 15) is 14.9 Å². The molecule has 7 heteroatoms. The molecular weight excluding hydrogens is 356 g/mol. The minimum absolute atomic E-state index is 0.00331. The number of nitrogens with zero attached hydrogens (tertiary/aromatic N) is 2. The third-order valence-electron chi connectivity index (χ3n) is 4.34. The van der Waals surface area contributed by atoms with Gasteiger partial charge in [-0.3, -0.25) is 14.9 Å². The highest BCUT2D eigenvalue weighted by molar-refractivity contribution is 5.96. The Hall–Kier alpha value is -3.48. The second-order valence-corrected chi connectivity index (χ2v) is 6.59. The molecule has 1 aromatic heterocycles. The molecule has 3 rings (SSSR count). The molecule has 1 heterocycles. The SMILES string of the molecule is CCCC(=O)Nc1ccc(CNc2cc(C)nc3c([N+](=O)[O-])cccc23)cc1. The van der Waals surface area contributed by atoms with Crippen LogP contribution < -0.4 is 10.6 Å². The van der Waals surface area contributed by atoms with Gasteiger partial charge in [-0.25, -0.2) is 4.98 Å². The summed E-state index contributed by atoms with van der Waals surface area (Å²) in [7, 11) is 0. The average Bonchev–Trinajstić information content (AvgIpc) is 2.66. The monoisotopic (exact) mass is 378 g/mol. The van der Waals surface area contributed by atoms with Crippen molar-refractivity contribution in [1.82, 2.24) is 4.98 Å². The smallest absolute Gasteiger partial charge is 0.295 e. The highest BCUT2D eigenvalue weighted by Crippen LogP contribution is 2.30. The predicted molar refractivity (Wildman–Crippen MR) is 110 cm³/mol. The summed E-state index contributed by atoms with van der Waals surface area (Å²) in [4.78, 5) is 26.9. The number of hydrogen-bond donors (Lipinski definition) is 2. The maximum absolute atomic E-state index is 11.7. The largest absolute Gasteiger partial charge is 0.380 e. The predicted octanol–water partition coefficient (Wildman–Crippen LogP) is 4.80. The molecule has 0 aliphatic heterocycles. The van der Waals surface area contributed by atoms with Gasteiger partial charge in [0.1, 0.15) is 0 Å². The summed E-state index contributed by atoms with van der Waals surface area (Å²) in [6, 6.07) is 14.4. The van der Waals surface area contributed by atoms with Crippen molar-refractivity contribution in [3.63, 3.8) is 0 Å². The average molecular weight is 378 g/mol. The van der Waals surface area contributed by atoms with E-state index in [1.54, 1.807) is 6.07 Å². The summed E-state index contributed by atoms with van der Waals surface area (Å²) in [5.74, 6) is 0.00806. The van der Waals surface area contributed by atoms with Crippen LogP contribution in [0.3, 0.4) is 0 Å². The Morgan fingerprint density at radius 1 is 1.18 bits per heavy atom. The summed E-state index contributed by atoms with van der Waals surface area (Å²) in [5, 5.41) is 18.2.